The molecule has 5 rings (SSSR count). The maximum Gasteiger partial charge on any atom is 0.280 e. The van der Waals surface area contributed by atoms with Gasteiger partial charge in [-0.1, -0.05) is 55.5 Å². The Morgan fingerprint density at radius 1 is 0.914 bits per heavy atom. The third-order valence-corrected chi connectivity index (χ3v) is 5.71. The summed E-state index contributed by atoms with van der Waals surface area (Å²) in [4.78, 5) is 13.3. The van der Waals surface area contributed by atoms with Gasteiger partial charge in [-0.15, -0.1) is 0 Å². The summed E-state index contributed by atoms with van der Waals surface area (Å²) in [7, 11) is 0. The van der Waals surface area contributed by atoms with E-state index in [0.29, 0.717) is 17.9 Å². The number of nitrogens with zero attached hydrogens (tertiary/aromatic N) is 4. The van der Waals surface area contributed by atoms with Crippen LogP contribution >= 0.6 is 0 Å². The highest BCUT2D eigenvalue weighted by molar-refractivity contribution is 6.32. The molecule has 0 radical (unpaired) electrons. The number of hydrogen-bond donors (Lipinski definition) is 0. The number of carbonyl (C=O) groups is 1. The molecule has 174 valence electrons. The molecule has 6 nitrogen and oxygen atoms in total. The number of rotatable bonds is 7. The molecule has 0 unspecified atom stereocenters. The second-order valence-corrected chi connectivity index (χ2v) is 8.29. The van der Waals surface area contributed by atoms with Crippen molar-refractivity contribution in [1.29, 1.82) is 0 Å². The quantitative estimate of drug-likeness (QED) is 0.310. The van der Waals surface area contributed by atoms with Gasteiger partial charge in [0.15, 0.2) is 0 Å². The highest BCUT2D eigenvalue weighted by Gasteiger charge is 2.29. The Bertz CT molecular complexity index is 1410. The van der Waals surface area contributed by atoms with E-state index in [9.17, 15) is 4.79 Å². The minimum atomic E-state index is -0.160. The molecule has 0 bridgehead atoms. The zero-order valence-corrected chi connectivity index (χ0v) is 19.8. The van der Waals surface area contributed by atoms with Crippen LogP contribution in [0.25, 0.3) is 23.0 Å². The lowest BCUT2D eigenvalue weighted by Crippen LogP contribution is -2.21. The van der Waals surface area contributed by atoms with Gasteiger partial charge >= 0.3 is 0 Å². The van der Waals surface area contributed by atoms with Crippen molar-refractivity contribution in [3.63, 3.8) is 0 Å². The summed E-state index contributed by atoms with van der Waals surface area (Å²) in [5.74, 6) is 0.634. The molecule has 0 aliphatic carbocycles. The zero-order valence-electron chi connectivity index (χ0n) is 19.8. The molecule has 1 aliphatic heterocycles. The number of ether oxygens (including phenoxy) is 1. The molecule has 6 heteroatoms. The molecule has 1 aliphatic rings. The smallest absolute Gasteiger partial charge is 0.280 e. The molecule has 0 spiro atoms. The largest absolute Gasteiger partial charge is 0.494 e. The SMILES string of the molecule is CCCOc1cccc(-c2nn(-c3ccccc3)cc2/C=C2\C(=O)N(c3ccccc3)N=C2C)c1. The van der Waals surface area contributed by atoms with Crippen LogP contribution in [0.4, 0.5) is 5.69 Å². The molecule has 0 atom stereocenters. The van der Waals surface area contributed by atoms with Crippen molar-refractivity contribution in [2.45, 2.75) is 20.3 Å². The van der Waals surface area contributed by atoms with Gasteiger partial charge in [0, 0.05) is 17.3 Å². The van der Waals surface area contributed by atoms with Gasteiger partial charge < -0.3 is 4.74 Å². The molecular formula is C29H26N4O2. The fraction of sp³-hybridized carbons (Fsp3) is 0.138. The summed E-state index contributed by atoms with van der Waals surface area (Å²) in [6.07, 6.45) is 4.76. The minimum absolute atomic E-state index is 0.160. The van der Waals surface area contributed by atoms with Crippen molar-refractivity contribution in [2.75, 3.05) is 11.6 Å². The molecule has 0 saturated carbocycles. The third-order valence-electron chi connectivity index (χ3n) is 5.71. The van der Waals surface area contributed by atoms with Crippen LogP contribution in [0.5, 0.6) is 5.75 Å². The fourth-order valence-electron chi connectivity index (χ4n) is 3.97. The predicted octanol–water partition coefficient (Wildman–Crippen LogP) is 6.13. The Hall–Kier alpha value is -4.45. The lowest BCUT2D eigenvalue weighted by Gasteiger charge is -2.11. The van der Waals surface area contributed by atoms with Crippen molar-refractivity contribution in [3.05, 3.63) is 102 Å². The predicted molar refractivity (Wildman–Crippen MR) is 140 cm³/mol. The highest BCUT2D eigenvalue weighted by atomic mass is 16.5. The number of para-hydroxylation sites is 2. The lowest BCUT2D eigenvalue weighted by molar-refractivity contribution is -0.114. The van der Waals surface area contributed by atoms with Gasteiger partial charge in [0.2, 0.25) is 0 Å². The third kappa shape index (κ3) is 4.64. The molecule has 0 fully saturated rings. The van der Waals surface area contributed by atoms with Crippen LogP contribution in [0.2, 0.25) is 0 Å². The molecular weight excluding hydrogens is 436 g/mol. The first-order chi connectivity index (χ1) is 17.1. The molecule has 1 amide bonds. The molecule has 1 aromatic heterocycles. The summed E-state index contributed by atoms with van der Waals surface area (Å²) in [5, 5.41) is 10.9. The molecule has 35 heavy (non-hydrogen) atoms. The van der Waals surface area contributed by atoms with E-state index in [1.165, 1.54) is 5.01 Å². The first kappa shape index (κ1) is 22.3. The van der Waals surface area contributed by atoms with Crippen molar-refractivity contribution in [2.24, 2.45) is 5.10 Å². The van der Waals surface area contributed by atoms with Gasteiger partial charge in [-0.25, -0.2) is 4.68 Å². The normalized spacial score (nSPS) is 14.5. The van der Waals surface area contributed by atoms with E-state index < -0.39 is 0 Å². The first-order valence-corrected chi connectivity index (χ1v) is 11.7. The minimum Gasteiger partial charge on any atom is -0.494 e. The van der Waals surface area contributed by atoms with E-state index in [0.717, 1.165) is 40.4 Å². The van der Waals surface area contributed by atoms with Crippen LogP contribution in [-0.2, 0) is 4.79 Å². The number of hydrazone groups is 1. The van der Waals surface area contributed by atoms with Gasteiger partial charge in [0.1, 0.15) is 11.4 Å². The van der Waals surface area contributed by atoms with Crippen molar-refractivity contribution < 1.29 is 9.53 Å². The lowest BCUT2D eigenvalue weighted by atomic mass is 10.0. The van der Waals surface area contributed by atoms with Gasteiger partial charge in [-0.3, -0.25) is 4.79 Å². The van der Waals surface area contributed by atoms with Crippen LogP contribution in [0, 0.1) is 0 Å². The van der Waals surface area contributed by atoms with Crippen LogP contribution in [0.15, 0.2) is 102 Å². The molecule has 4 aromatic rings. The van der Waals surface area contributed by atoms with Crippen LogP contribution in [0.1, 0.15) is 25.8 Å². The molecule has 0 N–H and O–H groups in total. The van der Waals surface area contributed by atoms with E-state index in [1.807, 2.05) is 109 Å². The van der Waals surface area contributed by atoms with E-state index >= 15 is 0 Å². The Balaban J connectivity index is 1.58. The van der Waals surface area contributed by atoms with Crippen molar-refractivity contribution in [3.8, 4) is 22.7 Å². The van der Waals surface area contributed by atoms with Crippen molar-refractivity contribution in [1.82, 2.24) is 9.78 Å². The zero-order chi connectivity index (χ0) is 24.2. The number of anilines is 1. The van der Waals surface area contributed by atoms with E-state index in [2.05, 4.69) is 12.0 Å². The van der Waals surface area contributed by atoms with Crippen LogP contribution < -0.4 is 9.75 Å². The maximum absolute atomic E-state index is 13.3. The van der Waals surface area contributed by atoms with Gasteiger partial charge in [0.25, 0.3) is 5.91 Å². The molecule has 0 saturated heterocycles. The first-order valence-electron chi connectivity index (χ1n) is 11.7. The molecule has 3 aromatic carbocycles. The van der Waals surface area contributed by atoms with E-state index in [4.69, 9.17) is 9.84 Å². The standard InChI is InChI=1S/C29H26N4O2/c1-3-17-35-26-16-10-11-22(18-26)28-23(20-32(31-28)24-12-6-4-7-13-24)19-27-21(2)30-33(29(27)34)25-14-8-5-9-15-25/h4-16,18-20H,3,17H2,1-2H3/b27-19-. The fourth-order valence-corrected chi connectivity index (χ4v) is 3.97. The number of benzene rings is 3. The van der Waals surface area contributed by atoms with E-state index in [1.54, 1.807) is 0 Å². The van der Waals surface area contributed by atoms with E-state index in [-0.39, 0.29) is 5.91 Å². The van der Waals surface area contributed by atoms with Crippen LogP contribution in [0.3, 0.4) is 0 Å². The second-order valence-electron chi connectivity index (χ2n) is 8.29. The van der Waals surface area contributed by atoms with Crippen LogP contribution in [-0.4, -0.2) is 28.0 Å². The number of aromatic nitrogens is 2. The number of amides is 1. The summed E-state index contributed by atoms with van der Waals surface area (Å²) in [6.45, 7) is 4.59. The Labute approximate surface area is 204 Å². The Morgan fingerprint density at radius 3 is 2.34 bits per heavy atom. The van der Waals surface area contributed by atoms with Gasteiger partial charge in [0.05, 0.1) is 29.3 Å². The van der Waals surface area contributed by atoms with Gasteiger partial charge in [-0.2, -0.15) is 15.2 Å². The highest BCUT2D eigenvalue weighted by Crippen LogP contribution is 2.31. The summed E-state index contributed by atoms with van der Waals surface area (Å²) in [6, 6.07) is 27.3. The second kappa shape index (κ2) is 9.81. The maximum atomic E-state index is 13.3. The summed E-state index contributed by atoms with van der Waals surface area (Å²) >= 11 is 0. The monoisotopic (exact) mass is 462 g/mol. The molecule has 2 heterocycles. The van der Waals surface area contributed by atoms with Crippen molar-refractivity contribution >= 4 is 23.4 Å². The number of carbonyl (C=O) groups excluding carboxylic acids is 1. The van der Waals surface area contributed by atoms with Gasteiger partial charge in [-0.05, 0) is 55.8 Å². The summed E-state index contributed by atoms with van der Waals surface area (Å²) in [5.41, 5.74) is 5.39. The average Bonchev–Trinajstić information content (AvgIpc) is 3.45. The topological polar surface area (TPSA) is 59.7 Å². The Morgan fingerprint density at radius 2 is 1.63 bits per heavy atom. The average molecular weight is 463 g/mol. The summed E-state index contributed by atoms with van der Waals surface area (Å²) < 4.78 is 7.68. The Kier molecular flexibility index (Phi) is 6.26. The number of hydrogen-bond acceptors (Lipinski definition) is 4.